The van der Waals surface area contributed by atoms with E-state index in [4.69, 9.17) is 0 Å². The zero-order valence-electron chi connectivity index (χ0n) is 19.2. The van der Waals surface area contributed by atoms with E-state index in [-0.39, 0.29) is 41.3 Å². The number of Topliss-reactive ketones (excluding diaryl/α,β-unsaturated/α-hetero) is 1. The number of carbonyl (C=O) groups excluding carboxylic acids is 3. The first-order chi connectivity index (χ1) is 17.7. The molecule has 2 amide bonds. The van der Waals surface area contributed by atoms with Crippen LogP contribution in [0.5, 0.6) is 0 Å². The summed E-state index contributed by atoms with van der Waals surface area (Å²) in [6.07, 6.45) is -4.54. The van der Waals surface area contributed by atoms with Gasteiger partial charge in [-0.15, -0.1) is 0 Å². The molecule has 0 aliphatic carbocycles. The number of halogens is 3. The number of hydrogen-bond acceptors (Lipinski definition) is 6. The number of benzene rings is 3. The smallest absolute Gasteiger partial charge is 0.365 e. The number of hydrogen-bond donors (Lipinski definition) is 1. The van der Waals surface area contributed by atoms with Crippen LogP contribution >= 0.6 is 0 Å². The fourth-order valence-corrected chi connectivity index (χ4v) is 4.17. The van der Waals surface area contributed by atoms with Crippen molar-refractivity contribution in [2.45, 2.75) is 6.18 Å². The highest BCUT2D eigenvalue weighted by Gasteiger charge is 2.36. The Morgan fingerprint density at radius 2 is 1.54 bits per heavy atom. The van der Waals surface area contributed by atoms with Gasteiger partial charge in [-0.3, -0.25) is 24.3 Å². The van der Waals surface area contributed by atoms with Gasteiger partial charge in [0, 0.05) is 11.1 Å². The normalized spacial score (nSPS) is 14.9. The molecule has 5 rings (SSSR count). The molecule has 0 radical (unpaired) electrons. The maximum atomic E-state index is 13.4. The summed E-state index contributed by atoms with van der Waals surface area (Å²) < 4.78 is 40.2. The molecule has 0 aromatic heterocycles. The van der Waals surface area contributed by atoms with E-state index in [9.17, 15) is 27.6 Å². The van der Waals surface area contributed by atoms with E-state index in [0.29, 0.717) is 11.3 Å². The maximum absolute atomic E-state index is 13.4. The second kappa shape index (κ2) is 9.45. The highest BCUT2D eigenvalue weighted by atomic mass is 19.4. The number of nitrogens with one attached hydrogen (secondary N) is 1. The molecule has 1 N–H and O–H groups in total. The number of ketones is 1. The second-order valence-corrected chi connectivity index (χ2v) is 8.45. The SMILES string of the molecule is O=C(CNC1=Nc2ccc(C(F)(F)F)cc2C(c2ccccc2)=NC1)CN1C(=O)c2ccccc2C1=O. The van der Waals surface area contributed by atoms with Crippen molar-refractivity contribution in [3.8, 4) is 0 Å². The molecule has 2 aliphatic heterocycles. The summed E-state index contributed by atoms with van der Waals surface area (Å²) in [4.78, 5) is 47.5. The summed E-state index contributed by atoms with van der Waals surface area (Å²) in [7, 11) is 0. The lowest BCUT2D eigenvalue weighted by Gasteiger charge is -2.13. The summed E-state index contributed by atoms with van der Waals surface area (Å²) in [6.45, 7) is -0.685. The average molecular weight is 504 g/mol. The van der Waals surface area contributed by atoms with Gasteiger partial charge in [-0.05, 0) is 30.3 Å². The van der Waals surface area contributed by atoms with Crippen molar-refractivity contribution in [1.82, 2.24) is 10.2 Å². The van der Waals surface area contributed by atoms with Gasteiger partial charge < -0.3 is 5.32 Å². The van der Waals surface area contributed by atoms with Gasteiger partial charge in [-0.2, -0.15) is 13.2 Å². The molecule has 3 aromatic rings. The van der Waals surface area contributed by atoms with Crippen LogP contribution in [0.2, 0.25) is 0 Å². The Bertz CT molecular complexity index is 1440. The van der Waals surface area contributed by atoms with Gasteiger partial charge in [-0.25, -0.2) is 4.99 Å². The predicted octanol–water partition coefficient (Wildman–Crippen LogP) is 4.04. The van der Waals surface area contributed by atoms with Crippen LogP contribution in [0.3, 0.4) is 0 Å². The molecule has 0 saturated heterocycles. The van der Waals surface area contributed by atoms with E-state index in [2.05, 4.69) is 15.3 Å². The molecule has 3 aromatic carbocycles. The largest absolute Gasteiger partial charge is 0.416 e. The van der Waals surface area contributed by atoms with Crippen molar-refractivity contribution >= 4 is 34.8 Å². The first kappa shape index (κ1) is 24.1. The van der Waals surface area contributed by atoms with Gasteiger partial charge in [0.25, 0.3) is 11.8 Å². The molecular formula is C27H19F3N4O3. The zero-order valence-corrected chi connectivity index (χ0v) is 19.2. The molecule has 7 nitrogen and oxygen atoms in total. The summed E-state index contributed by atoms with van der Waals surface area (Å²) in [5.74, 6) is -1.25. The van der Waals surface area contributed by atoms with Crippen LogP contribution in [0.4, 0.5) is 18.9 Å². The number of amidine groups is 1. The lowest BCUT2D eigenvalue weighted by molar-refractivity contribution is -0.137. The third-order valence-corrected chi connectivity index (χ3v) is 5.97. The van der Waals surface area contributed by atoms with Crippen LogP contribution in [-0.4, -0.2) is 53.7 Å². The number of fused-ring (bicyclic) bond motifs is 2. The second-order valence-electron chi connectivity index (χ2n) is 8.45. The molecule has 2 heterocycles. The Kier molecular flexibility index (Phi) is 6.16. The Morgan fingerprint density at radius 3 is 2.19 bits per heavy atom. The minimum Gasteiger partial charge on any atom is -0.365 e. The summed E-state index contributed by atoms with van der Waals surface area (Å²) in [6, 6.07) is 18.4. The van der Waals surface area contributed by atoms with Gasteiger partial charge in [0.2, 0.25) is 0 Å². The van der Waals surface area contributed by atoms with E-state index in [0.717, 1.165) is 17.0 Å². The number of imide groups is 1. The molecule has 10 heteroatoms. The lowest BCUT2D eigenvalue weighted by atomic mass is 9.98. The number of nitrogens with zero attached hydrogens (tertiary/aromatic N) is 3. The zero-order chi connectivity index (χ0) is 26.2. The van der Waals surface area contributed by atoms with Crippen LogP contribution in [0.1, 0.15) is 37.4 Å². The maximum Gasteiger partial charge on any atom is 0.416 e. The Labute approximate surface area is 209 Å². The van der Waals surface area contributed by atoms with Crippen molar-refractivity contribution in [1.29, 1.82) is 0 Å². The van der Waals surface area contributed by atoms with E-state index >= 15 is 0 Å². The molecular weight excluding hydrogens is 485 g/mol. The van der Waals surface area contributed by atoms with E-state index < -0.39 is 35.9 Å². The van der Waals surface area contributed by atoms with Crippen molar-refractivity contribution in [2.75, 3.05) is 19.6 Å². The standard InChI is InChI=1S/C27H19F3N4O3/c28-27(29,30)17-10-11-22-21(12-17)24(16-6-2-1-3-7-16)32-14-23(33-22)31-13-18(35)15-34-25(36)19-8-4-5-9-20(19)26(34)37/h1-12H,13-15H2,(H,31,33). The van der Waals surface area contributed by atoms with Crippen LogP contribution in [0.25, 0.3) is 0 Å². The van der Waals surface area contributed by atoms with Crippen molar-refractivity contribution in [2.24, 2.45) is 9.98 Å². The minimum atomic E-state index is -4.54. The third-order valence-electron chi connectivity index (χ3n) is 5.97. The fourth-order valence-electron chi connectivity index (χ4n) is 4.17. The molecule has 186 valence electrons. The van der Waals surface area contributed by atoms with Gasteiger partial charge in [0.1, 0.15) is 5.84 Å². The summed E-state index contributed by atoms with van der Waals surface area (Å²) in [5, 5.41) is 2.87. The third kappa shape index (κ3) is 4.77. The van der Waals surface area contributed by atoms with Crippen LogP contribution in [0, 0.1) is 0 Å². The molecule has 0 spiro atoms. The highest BCUT2D eigenvalue weighted by molar-refractivity contribution is 6.22. The molecule has 0 unspecified atom stereocenters. The number of amides is 2. The Morgan fingerprint density at radius 1 is 0.892 bits per heavy atom. The Balaban J connectivity index is 1.35. The van der Waals surface area contributed by atoms with Crippen LogP contribution in [-0.2, 0) is 11.0 Å². The number of alkyl halides is 3. The quantitative estimate of drug-likeness (QED) is 0.531. The Hall–Kier alpha value is -4.60. The molecule has 2 aliphatic rings. The number of rotatable bonds is 5. The molecule has 0 atom stereocenters. The van der Waals surface area contributed by atoms with Gasteiger partial charge in [0.05, 0.1) is 47.7 Å². The van der Waals surface area contributed by atoms with Crippen LogP contribution < -0.4 is 5.32 Å². The van der Waals surface area contributed by atoms with E-state index in [1.165, 1.54) is 18.2 Å². The minimum absolute atomic E-state index is 0.0133. The number of aliphatic imine (C=N–C) groups is 2. The predicted molar refractivity (Wildman–Crippen MR) is 130 cm³/mol. The van der Waals surface area contributed by atoms with Crippen molar-refractivity contribution in [3.63, 3.8) is 0 Å². The first-order valence-electron chi connectivity index (χ1n) is 11.3. The average Bonchev–Trinajstić information content (AvgIpc) is 3.03. The summed E-state index contributed by atoms with van der Waals surface area (Å²) in [5.41, 5.74) is 1.13. The molecule has 0 fully saturated rings. The van der Waals surface area contributed by atoms with Crippen LogP contribution in [0.15, 0.2) is 82.8 Å². The monoisotopic (exact) mass is 504 g/mol. The molecule has 37 heavy (non-hydrogen) atoms. The first-order valence-corrected chi connectivity index (χ1v) is 11.3. The summed E-state index contributed by atoms with van der Waals surface area (Å²) >= 11 is 0. The lowest BCUT2D eigenvalue weighted by Crippen LogP contribution is -2.40. The van der Waals surface area contributed by atoms with Gasteiger partial charge in [-0.1, -0.05) is 42.5 Å². The molecule has 0 bridgehead atoms. The van der Waals surface area contributed by atoms with Crippen molar-refractivity contribution in [3.05, 3.63) is 101 Å². The topological polar surface area (TPSA) is 91.2 Å². The number of carbonyl (C=O) groups is 3. The molecule has 0 saturated carbocycles. The van der Waals surface area contributed by atoms with E-state index in [1.807, 2.05) is 0 Å². The van der Waals surface area contributed by atoms with E-state index in [1.54, 1.807) is 42.5 Å². The highest BCUT2D eigenvalue weighted by Crippen LogP contribution is 2.34. The van der Waals surface area contributed by atoms with Gasteiger partial charge in [0.15, 0.2) is 5.78 Å². The van der Waals surface area contributed by atoms with Gasteiger partial charge >= 0.3 is 6.18 Å². The fraction of sp³-hybridized carbons (Fsp3) is 0.148. The van der Waals surface area contributed by atoms with Crippen molar-refractivity contribution < 1.29 is 27.6 Å².